The number of amides is 1. The lowest BCUT2D eigenvalue weighted by Crippen LogP contribution is -2.49. The van der Waals surface area contributed by atoms with E-state index in [1.165, 1.54) is 5.56 Å². The van der Waals surface area contributed by atoms with Gasteiger partial charge in [-0.25, -0.2) is 0 Å². The van der Waals surface area contributed by atoms with Crippen molar-refractivity contribution in [1.29, 1.82) is 0 Å². The summed E-state index contributed by atoms with van der Waals surface area (Å²) >= 11 is 0. The van der Waals surface area contributed by atoms with Crippen molar-refractivity contribution < 1.29 is 14.3 Å². The van der Waals surface area contributed by atoms with E-state index in [0.29, 0.717) is 19.6 Å². The Morgan fingerprint density at radius 3 is 2.86 bits per heavy atom. The van der Waals surface area contributed by atoms with Crippen LogP contribution in [0.15, 0.2) is 24.3 Å². The van der Waals surface area contributed by atoms with Crippen LogP contribution in [0.25, 0.3) is 0 Å². The zero-order chi connectivity index (χ0) is 14.7. The van der Waals surface area contributed by atoms with Gasteiger partial charge in [-0.15, -0.1) is 0 Å². The zero-order valence-electron chi connectivity index (χ0n) is 12.5. The minimum Gasteiger partial charge on any atom is -0.373 e. The Kier molecular flexibility index (Phi) is 4.56. The number of nitrogens with one attached hydrogen (secondary N) is 1. The van der Waals surface area contributed by atoms with Crippen molar-refractivity contribution in [2.75, 3.05) is 13.2 Å². The number of rotatable bonds is 3. The number of aryl methyl sites for hydroxylation is 1. The molecule has 3 rings (SSSR count). The molecule has 21 heavy (non-hydrogen) atoms. The molecule has 0 unspecified atom stereocenters. The molecule has 2 aliphatic rings. The van der Waals surface area contributed by atoms with Gasteiger partial charge in [0.15, 0.2) is 0 Å². The molecule has 3 atom stereocenters. The molecular formula is C17H23NO3. The lowest BCUT2D eigenvalue weighted by Gasteiger charge is -2.39. The SMILES string of the molecule is Cc1cccc(CC(=O)N[C@@H]2CC[C@@H]3OCCO[C@H]3C2)c1. The number of ether oxygens (including phenoxy) is 2. The van der Waals surface area contributed by atoms with E-state index in [1.807, 2.05) is 25.1 Å². The lowest BCUT2D eigenvalue weighted by molar-refractivity contribution is -0.158. The first-order valence-electron chi connectivity index (χ1n) is 7.79. The van der Waals surface area contributed by atoms with Gasteiger partial charge in [0.25, 0.3) is 0 Å². The third-order valence-electron chi connectivity index (χ3n) is 4.29. The molecule has 1 aromatic carbocycles. The van der Waals surface area contributed by atoms with E-state index in [9.17, 15) is 4.79 Å². The number of hydrogen-bond acceptors (Lipinski definition) is 3. The summed E-state index contributed by atoms with van der Waals surface area (Å²) in [6, 6.07) is 8.32. The second-order valence-corrected chi connectivity index (χ2v) is 6.06. The zero-order valence-corrected chi connectivity index (χ0v) is 12.5. The Balaban J connectivity index is 1.51. The molecule has 1 saturated carbocycles. The van der Waals surface area contributed by atoms with Gasteiger partial charge >= 0.3 is 0 Å². The van der Waals surface area contributed by atoms with Gasteiger partial charge in [-0.2, -0.15) is 0 Å². The molecule has 1 N–H and O–H groups in total. The highest BCUT2D eigenvalue weighted by atomic mass is 16.6. The van der Waals surface area contributed by atoms with Crippen LogP contribution in [-0.4, -0.2) is 37.4 Å². The number of fused-ring (bicyclic) bond motifs is 1. The van der Waals surface area contributed by atoms with Crippen LogP contribution in [0.4, 0.5) is 0 Å². The molecule has 4 heteroatoms. The second-order valence-electron chi connectivity index (χ2n) is 6.06. The van der Waals surface area contributed by atoms with Gasteiger partial charge in [-0.05, 0) is 31.7 Å². The lowest BCUT2D eigenvalue weighted by atomic mass is 9.89. The summed E-state index contributed by atoms with van der Waals surface area (Å²) in [5, 5.41) is 3.15. The van der Waals surface area contributed by atoms with E-state index in [0.717, 1.165) is 24.8 Å². The molecule has 1 aliphatic heterocycles. The standard InChI is InChI=1S/C17H23NO3/c1-12-3-2-4-13(9-12)10-17(19)18-14-5-6-15-16(11-14)21-8-7-20-15/h2-4,9,14-16H,5-8,10-11H2,1H3,(H,18,19)/t14-,15+,16+/m1/s1. The fraction of sp³-hybridized carbons (Fsp3) is 0.588. The van der Waals surface area contributed by atoms with Crippen molar-refractivity contribution in [3.8, 4) is 0 Å². The van der Waals surface area contributed by atoms with Crippen molar-refractivity contribution in [3.05, 3.63) is 35.4 Å². The van der Waals surface area contributed by atoms with Crippen LogP contribution in [0, 0.1) is 6.92 Å². The monoisotopic (exact) mass is 289 g/mol. The molecule has 0 spiro atoms. The number of benzene rings is 1. The molecule has 2 fully saturated rings. The molecule has 1 amide bonds. The molecule has 4 nitrogen and oxygen atoms in total. The van der Waals surface area contributed by atoms with E-state index in [-0.39, 0.29) is 24.2 Å². The predicted octanol–water partition coefficient (Wildman–Crippen LogP) is 1.99. The smallest absolute Gasteiger partial charge is 0.224 e. The maximum Gasteiger partial charge on any atom is 0.224 e. The van der Waals surface area contributed by atoms with E-state index >= 15 is 0 Å². The average Bonchev–Trinajstić information content (AvgIpc) is 2.47. The number of carbonyl (C=O) groups excluding carboxylic acids is 1. The Morgan fingerprint density at radius 1 is 1.24 bits per heavy atom. The molecule has 114 valence electrons. The Bertz CT molecular complexity index is 503. The average molecular weight is 289 g/mol. The summed E-state index contributed by atoms with van der Waals surface area (Å²) in [6.07, 6.45) is 3.64. The molecule has 1 saturated heterocycles. The normalized spacial score (nSPS) is 28.7. The van der Waals surface area contributed by atoms with Crippen LogP contribution in [0.3, 0.4) is 0 Å². The first-order valence-corrected chi connectivity index (χ1v) is 7.79. The Morgan fingerprint density at radius 2 is 2.05 bits per heavy atom. The van der Waals surface area contributed by atoms with Crippen molar-refractivity contribution in [2.45, 2.75) is 50.9 Å². The molecule has 1 aromatic rings. The molecule has 0 bridgehead atoms. The van der Waals surface area contributed by atoms with Crippen LogP contribution in [-0.2, 0) is 20.7 Å². The highest BCUT2D eigenvalue weighted by Gasteiger charge is 2.34. The molecule has 0 radical (unpaired) electrons. The van der Waals surface area contributed by atoms with Crippen LogP contribution in [0.1, 0.15) is 30.4 Å². The highest BCUT2D eigenvalue weighted by Crippen LogP contribution is 2.26. The first-order chi connectivity index (χ1) is 10.2. The minimum atomic E-state index is 0.0979. The maximum absolute atomic E-state index is 12.2. The van der Waals surface area contributed by atoms with E-state index in [2.05, 4.69) is 11.4 Å². The second kappa shape index (κ2) is 6.58. The summed E-state index contributed by atoms with van der Waals surface area (Å²) in [5.74, 6) is 0.0979. The van der Waals surface area contributed by atoms with Crippen molar-refractivity contribution in [2.24, 2.45) is 0 Å². The van der Waals surface area contributed by atoms with Gasteiger partial charge in [0.05, 0.1) is 31.8 Å². The number of carbonyl (C=O) groups is 1. The fourth-order valence-corrected chi connectivity index (χ4v) is 3.28. The third-order valence-corrected chi connectivity index (χ3v) is 4.29. The molecule has 0 aromatic heterocycles. The summed E-state index contributed by atoms with van der Waals surface area (Å²) in [4.78, 5) is 12.2. The summed E-state index contributed by atoms with van der Waals surface area (Å²) < 4.78 is 11.5. The highest BCUT2D eigenvalue weighted by molar-refractivity contribution is 5.78. The Hall–Kier alpha value is -1.39. The van der Waals surface area contributed by atoms with Crippen LogP contribution in [0.2, 0.25) is 0 Å². The topological polar surface area (TPSA) is 47.6 Å². The van der Waals surface area contributed by atoms with Gasteiger partial charge in [-0.3, -0.25) is 4.79 Å². The molecular weight excluding hydrogens is 266 g/mol. The third kappa shape index (κ3) is 3.83. The van der Waals surface area contributed by atoms with Gasteiger partial charge in [-0.1, -0.05) is 29.8 Å². The summed E-state index contributed by atoms with van der Waals surface area (Å²) in [5.41, 5.74) is 2.26. The van der Waals surface area contributed by atoms with Crippen molar-refractivity contribution in [3.63, 3.8) is 0 Å². The van der Waals surface area contributed by atoms with Gasteiger partial charge in [0.1, 0.15) is 0 Å². The quantitative estimate of drug-likeness (QED) is 0.925. The molecule has 1 aliphatic carbocycles. The van der Waals surface area contributed by atoms with Crippen LogP contribution >= 0.6 is 0 Å². The van der Waals surface area contributed by atoms with Gasteiger partial charge in [0.2, 0.25) is 5.91 Å². The first kappa shape index (κ1) is 14.5. The number of hydrogen-bond donors (Lipinski definition) is 1. The Labute approximate surface area is 125 Å². The van der Waals surface area contributed by atoms with E-state index in [1.54, 1.807) is 0 Å². The van der Waals surface area contributed by atoms with Crippen LogP contribution < -0.4 is 5.32 Å². The van der Waals surface area contributed by atoms with Gasteiger partial charge in [0, 0.05) is 6.04 Å². The maximum atomic E-state index is 12.2. The van der Waals surface area contributed by atoms with Crippen LogP contribution in [0.5, 0.6) is 0 Å². The summed E-state index contributed by atoms with van der Waals surface area (Å²) in [6.45, 7) is 3.42. The van der Waals surface area contributed by atoms with Crippen molar-refractivity contribution in [1.82, 2.24) is 5.32 Å². The van der Waals surface area contributed by atoms with Gasteiger partial charge < -0.3 is 14.8 Å². The van der Waals surface area contributed by atoms with E-state index in [4.69, 9.17) is 9.47 Å². The summed E-state index contributed by atoms with van der Waals surface area (Å²) in [7, 11) is 0. The predicted molar refractivity (Wildman–Crippen MR) is 80.1 cm³/mol. The van der Waals surface area contributed by atoms with Crippen molar-refractivity contribution >= 4 is 5.91 Å². The van der Waals surface area contributed by atoms with E-state index < -0.39 is 0 Å². The fourth-order valence-electron chi connectivity index (χ4n) is 3.28. The largest absolute Gasteiger partial charge is 0.373 e. The minimum absolute atomic E-state index is 0.0979. The molecule has 1 heterocycles.